The van der Waals surface area contributed by atoms with Crippen molar-refractivity contribution >= 4 is 17.8 Å². The van der Waals surface area contributed by atoms with Crippen LogP contribution in [0.3, 0.4) is 0 Å². The molecule has 0 fully saturated rings. The summed E-state index contributed by atoms with van der Waals surface area (Å²) in [4.78, 5) is 35.0. The Hall–Kier alpha value is -3.15. The zero-order valence-electron chi connectivity index (χ0n) is 14.8. The van der Waals surface area contributed by atoms with Crippen molar-refractivity contribution in [2.75, 3.05) is 13.7 Å². The zero-order chi connectivity index (χ0) is 18.9. The minimum absolute atomic E-state index is 0.134. The van der Waals surface area contributed by atoms with Gasteiger partial charge in [0, 0.05) is 6.54 Å². The van der Waals surface area contributed by atoms with Crippen LogP contribution in [0.1, 0.15) is 27.0 Å². The Bertz CT molecular complexity index is 783. The molecule has 0 aliphatic carbocycles. The van der Waals surface area contributed by atoms with Gasteiger partial charge in [-0.1, -0.05) is 36.4 Å². The highest BCUT2D eigenvalue weighted by Crippen LogP contribution is 2.08. The van der Waals surface area contributed by atoms with Gasteiger partial charge >= 0.3 is 11.9 Å². The Morgan fingerprint density at radius 3 is 2.35 bits per heavy atom. The topological polar surface area (TPSA) is 81.7 Å². The van der Waals surface area contributed by atoms with E-state index in [4.69, 9.17) is 4.74 Å². The molecule has 0 spiro atoms. The van der Waals surface area contributed by atoms with Crippen LogP contribution in [0.4, 0.5) is 0 Å². The molecule has 0 saturated carbocycles. The maximum absolute atomic E-state index is 11.8. The van der Waals surface area contributed by atoms with E-state index in [1.807, 2.05) is 31.2 Å². The van der Waals surface area contributed by atoms with E-state index in [9.17, 15) is 14.4 Å². The molecule has 0 aliphatic heterocycles. The Morgan fingerprint density at radius 2 is 1.69 bits per heavy atom. The number of aryl methyl sites for hydroxylation is 1. The number of rotatable bonds is 7. The third kappa shape index (κ3) is 5.73. The van der Waals surface area contributed by atoms with E-state index in [1.54, 1.807) is 24.3 Å². The van der Waals surface area contributed by atoms with Gasteiger partial charge in [0.05, 0.1) is 19.1 Å². The predicted molar refractivity (Wildman–Crippen MR) is 95.5 cm³/mol. The molecule has 2 aromatic rings. The van der Waals surface area contributed by atoms with Gasteiger partial charge in [-0.05, 0) is 35.7 Å². The summed E-state index contributed by atoms with van der Waals surface area (Å²) in [6.07, 6.45) is 0.134. The molecule has 0 bridgehead atoms. The fraction of sp³-hybridized carbons (Fsp3) is 0.250. The molecular weight excluding hydrogens is 334 g/mol. The highest BCUT2D eigenvalue weighted by atomic mass is 16.5. The minimum Gasteiger partial charge on any atom is -0.465 e. The Morgan fingerprint density at radius 1 is 1.00 bits per heavy atom. The Labute approximate surface area is 152 Å². The van der Waals surface area contributed by atoms with Crippen LogP contribution in [0.25, 0.3) is 0 Å². The number of hydrogen-bond acceptors (Lipinski definition) is 5. The van der Waals surface area contributed by atoms with Crippen molar-refractivity contribution in [2.24, 2.45) is 0 Å². The number of carbonyl (C=O) groups is 3. The van der Waals surface area contributed by atoms with Crippen LogP contribution in [0.2, 0.25) is 0 Å². The van der Waals surface area contributed by atoms with Gasteiger partial charge in [0.15, 0.2) is 6.61 Å². The van der Waals surface area contributed by atoms with E-state index in [1.165, 1.54) is 7.11 Å². The number of amides is 1. The number of nitrogens with one attached hydrogen (secondary N) is 1. The first-order valence-corrected chi connectivity index (χ1v) is 8.13. The highest BCUT2D eigenvalue weighted by molar-refractivity contribution is 5.89. The fourth-order valence-electron chi connectivity index (χ4n) is 2.29. The summed E-state index contributed by atoms with van der Waals surface area (Å²) in [5, 5.41) is 2.66. The smallest absolute Gasteiger partial charge is 0.337 e. The van der Waals surface area contributed by atoms with Crippen molar-refractivity contribution in [3.05, 3.63) is 70.8 Å². The average Bonchev–Trinajstić information content (AvgIpc) is 2.66. The molecule has 6 heteroatoms. The molecule has 2 aromatic carbocycles. The second-order valence-electron chi connectivity index (χ2n) is 5.73. The second kappa shape index (κ2) is 9.36. The Kier molecular flexibility index (Phi) is 6.91. The molecule has 0 heterocycles. The molecule has 1 N–H and O–H groups in total. The van der Waals surface area contributed by atoms with Gasteiger partial charge in [-0.3, -0.25) is 9.59 Å². The van der Waals surface area contributed by atoms with Crippen LogP contribution in [0.15, 0.2) is 48.5 Å². The maximum Gasteiger partial charge on any atom is 0.337 e. The van der Waals surface area contributed by atoms with E-state index in [0.717, 1.165) is 16.7 Å². The van der Waals surface area contributed by atoms with Crippen LogP contribution >= 0.6 is 0 Å². The molecular formula is C20H21NO5. The van der Waals surface area contributed by atoms with Crippen molar-refractivity contribution < 1.29 is 23.9 Å². The van der Waals surface area contributed by atoms with Crippen molar-refractivity contribution in [3.63, 3.8) is 0 Å². The zero-order valence-corrected chi connectivity index (χ0v) is 14.8. The van der Waals surface area contributed by atoms with Crippen LogP contribution in [0, 0.1) is 6.92 Å². The minimum atomic E-state index is -0.447. The van der Waals surface area contributed by atoms with Crippen LogP contribution in [-0.4, -0.2) is 31.6 Å². The lowest BCUT2D eigenvalue weighted by atomic mass is 10.1. The molecule has 0 saturated heterocycles. The lowest BCUT2D eigenvalue weighted by molar-refractivity contribution is -0.147. The van der Waals surface area contributed by atoms with Gasteiger partial charge in [-0.2, -0.15) is 0 Å². The molecule has 0 unspecified atom stereocenters. The average molecular weight is 355 g/mol. The summed E-state index contributed by atoms with van der Waals surface area (Å²) in [6.45, 7) is 1.86. The van der Waals surface area contributed by atoms with Gasteiger partial charge in [0.1, 0.15) is 0 Å². The third-order valence-electron chi connectivity index (χ3n) is 3.83. The summed E-state index contributed by atoms with van der Waals surface area (Å²) < 4.78 is 9.63. The number of carbonyl (C=O) groups excluding carboxylic acids is 3. The first kappa shape index (κ1) is 19.2. The SMILES string of the molecule is COC(=O)c1ccc(CNC(=O)COC(=O)Cc2ccccc2C)cc1. The summed E-state index contributed by atoms with van der Waals surface area (Å²) >= 11 is 0. The summed E-state index contributed by atoms with van der Waals surface area (Å²) in [5.74, 6) is -1.25. The molecule has 0 aliphatic rings. The fourth-order valence-corrected chi connectivity index (χ4v) is 2.29. The van der Waals surface area contributed by atoms with Gasteiger partial charge in [-0.25, -0.2) is 4.79 Å². The first-order chi connectivity index (χ1) is 12.5. The number of methoxy groups -OCH3 is 1. The number of ether oxygens (including phenoxy) is 2. The quantitative estimate of drug-likeness (QED) is 0.770. The van der Waals surface area contributed by atoms with E-state index < -0.39 is 11.9 Å². The lowest BCUT2D eigenvalue weighted by Gasteiger charge is -2.08. The predicted octanol–water partition coefficient (Wildman–Crippen LogP) is 2.18. The van der Waals surface area contributed by atoms with E-state index in [0.29, 0.717) is 5.56 Å². The molecule has 6 nitrogen and oxygen atoms in total. The largest absolute Gasteiger partial charge is 0.465 e. The van der Waals surface area contributed by atoms with E-state index >= 15 is 0 Å². The van der Waals surface area contributed by atoms with E-state index in [2.05, 4.69) is 10.1 Å². The van der Waals surface area contributed by atoms with Crippen LogP contribution < -0.4 is 5.32 Å². The number of hydrogen-bond donors (Lipinski definition) is 1. The number of benzene rings is 2. The lowest BCUT2D eigenvalue weighted by Crippen LogP contribution is -2.28. The summed E-state index contributed by atoms with van der Waals surface area (Å²) in [6, 6.07) is 14.2. The standard InChI is InChI=1S/C20H21NO5/c1-14-5-3-4-6-17(14)11-19(23)26-13-18(22)21-12-15-7-9-16(10-8-15)20(24)25-2/h3-10H,11-13H2,1-2H3,(H,21,22). The van der Waals surface area contributed by atoms with Crippen molar-refractivity contribution in [1.82, 2.24) is 5.32 Å². The molecule has 0 atom stereocenters. The van der Waals surface area contributed by atoms with Crippen molar-refractivity contribution in [2.45, 2.75) is 19.9 Å². The van der Waals surface area contributed by atoms with Crippen LogP contribution in [-0.2, 0) is 32.0 Å². The maximum atomic E-state index is 11.8. The molecule has 136 valence electrons. The molecule has 2 rings (SSSR count). The number of esters is 2. The van der Waals surface area contributed by atoms with Gasteiger partial charge in [-0.15, -0.1) is 0 Å². The van der Waals surface area contributed by atoms with E-state index in [-0.39, 0.29) is 25.5 Å². The van der Waals surface area contributed by atoms with Gasteiger partial charge < -0.3 is 14.8 Å². The third-order valence-corrected chi connectivity index (χ3v) is 3.83. The molecule has 1 amide bonds. The normalized spacial score (nSPS) is 10.1. The van der Waals surface area contributed by atoms with Crippen LogP contribution in [0.5, 0.6) is 0 Å². The summed E-state index contributed by atoms with van der Waals surface area (Å²) in [5.41, 5.74) is 3.14. The van der Waals surface area contributed by atoms with Crippen molar-refractivity contribution in [3.8, 4) is 0 Å². The first-order valence-electron chi connectivity index (χ1n) is 8.13. The highest BCUT2D eigenvalue weighted by Gasteiger charge is 2.10. The van der Waals surface area contributed by atoms with Gasteiger partial charge in [0.25, 0.3) is 5.91 Å². The molecule has 0 radical (unpaired) electrons. The summed E-state index contributed by atoms with van der Waals surface area (Å²) in [7, 11) is 1.32. The van der Waals surface area contributed by atoms with Gasteiger partial charge in [0.2, 0.25) is 0 Å². The Balaban J connectivity index is 1.74. The van der Waals surface area contributed by atoms with Crippen molar-refractivity contribution in [1.29, 1.82) is 0 Å². The molecule has 26 heavy (non-hydrogen) atoms. The second-order valence-corrected chi connectivity index (χ2v) is 5.73. The monoisotopic (exact) mass is 355 g/mol. The molecule has 0 aromatic heterocycles.